The summed E-state index contributed by atoms with van der Waals surface area (Å²) in [7, 11) is 0. The molecule has 25 heavy (non-hydrogen) atoms. The van der Waals surface area contributed by atoms with E-state index in [2.05, 4.69) is 17.4 Å². The molecule has 3 nitrogen and oxygen atoms in total. The standard InChI is InChI=1S/C21H19FN2O/c22-20-8-6-19(7-9-20)15-23-21(25)16-24-12-10-18(11-13-24)14-17-4-2-1-3-5-17/h1-13H,14-16H2/p+1. The van der Waals surface area contributed by atoms with Crippen molar-refractivity contribution in [3.05, 3.63) is 102 Å². The molecule has 1 amide bonds. The number of halogens is 1. The summed E-state index contributed by atoms with van der Waals surface area (Å²) in [5.41, 5.74) is 3.34. The zero-order valence-electron chi connectivity index (χ0n) is 13.9. The zero-order valence-corrected chi connectivity index (χ0v) is 13.9. The fraction of sp³-hybridized carbons (Fsp3) is 0.143. The van der Waals surface area contributed by atoms with Crippen molar-refractivity contribution in [2.45, 2.75) is 19.5 Å². The molecule has 1 N–H and O–H groups in total. The van der Waals surface area contributed by atoms with Gasteiger partial charge in [0.1, 0.15) is 5.82 Å². The van der Waals surface area contributed by atoms with Crippen LogP contribution in [0, 0.1) is 5.82 Å². The number of hydrogen-bond acceptors (Lipinski definition) is 1. The molecule has 0 saturated carbocycles. The van der Waals surface area contributed by atoms with Crippen LogP contribution in [0.15, 0.2) is 79.1 Å². The highest BCUT2D eigenvalue weighted by molar-refractivity contribution is 5.74. The topological polar surface area (TPSA) is 33.0 Å². The van der Waals surface area contributed by atoms with Gasteiger partial charge >= 0.3 is 0 Å². The SMILES string of the molecule is O=C(C[n+]1ccc(Cc2ccccc2)cc1)NCc1ccc(F)cc1. The number of nitrogens with zero attached hydrogens (tertiary/aromatic N) is 1. The highest BCUT2D eigenvalue weighted by Crippen LogP contribution is 2.07. The zero-order chi connectivity index (χ0) is 17.5. The van der Waals surface area contributed by atoms with E-state index >= 15 is 0 Å². The third kappa shape index (κ3) is 5.24. The molecule has 1 aromatic heterocycles. The number of benzene rings is 2. The van der Waals surface area contributed by atoms with Crippen LogP contribution in [-0.2, 0) is 24.3 Å². The fourth-order valence-electron chi connectivity index (χ4n) is 2.57. The van der Waals surface area contributed by atoms with Crippen LogP contribution < -0.4 is 9.88 Å². The summed E-state index contributed by atoms with van der Waals surface area (Å²) in [6.45, 7) is 0.651. The molecule has 126 valence electrons. The first-order valence-electron chi connectivity index (χ1n) is 8.22. The molecule has 0 unspecified atom stereocenters. The van der Waals surface area contributed by atoms with Crippen LogP contribution in [-0.4, -0.2) is 5.91 Å². The Morgan fingerprint density at radius 1 is 0.840 bits per heavy atom. The Morgan fingerprint density at radius 2 is 1.48 bits per heavy atom. The first kappa shape index (κ1) is 16.8. The van der Waals surface area contributed by atoms with Crippen LogP contribution in [0.5, 0.6) is 0 Å². The molecule has 0 saturated heterocycles. The maximum absolute atomic E-state index is 12.9. The van der Waals surface area contributed by atoms with Crippen LogP contribution >= 0.6 is 0 Å². The number of nitrogens with one attached hydrogen (secondary N) is 1. The Balaban J connectivity index is 1.50. The number of hydrogen-bond donors (Lipinski definition) is 1. The van der Waals surface area contributed by atoms with E-state index in [-0.39, 0.29) is 18.3 Å². The van der Waals surface area contributed by atoms with E-state index in [1.54, 1.807) is 12.1 Å². The first-order chi connectivity index (χ1) is 12.2. The maximum Gasteiger partial charge on any atom is 0.286 e. The van der Waals surface area contributed by atoms with Crippen LogP contribution in [0.4, 0.5) is 4.39 Å². The number of pyridine rings is 1. The van der Waals surface area contributed by atoms with Gasteiger partial charge in [-0.05, 0) is 35.2 Å². The predicted molar refractivity (Wildman–Crippen MR) is 94.1 cm³/mol. The van der Waals surface area contributed by atoms with Gasteiger partial charge in [-0.1, -0.05) is 42.5 Å². The highest BCUT2D eigenvalue weighted by Gasteiger charge is 2.09. The lowest BCUT2D eigenvalue weighted by molar-refractivity contribution is -0.684. The number of rotatable bonds is 6. The summed E-state index contributed by atoms with van der Waals surface area (Å²) in [6.07, 6.45) is 4.70. The average molecular weight is 335 g/mol. The van der Waals surface area contributed by atoms with E-state index in [9.17, 15) is 9.18 Å². The second-order valence-electron chi connectivity index (χ2n) is 5.94. The van der Waals surface area contributed by atoms with E-state index in [4.69, 9.17) is 0 Å². The van der Waals surface area contributed by atoms with E-state index in [1.807, 2.05) is 47.3 Å². The summed E-state index contributed by atoms with van der Waals surface area (Å²) in [5, 5.41) is 2.84. The van der Waals surface area contributed by atoms with Gasteiger partial charge in [0.2, 0.25) is 6.54 Å². The maximum atomic E-state index is 12.9. The lowest BCUT2D eigenvalue weighted by atomic mass is 10.1. The van der Waals surface area contributed by atoms with Crippen molar-refractivity contribution >= 4 is 5.91 Å². The van der Waals surface area contributed by atoms with Gasteiger partial charge in [0, 0.05) is 18.7 Å². The Kier molecular flexibility index (Phi) is 5.52. The molecular formula is C21H20FN2O+. The molecule has 0 spiro atoms. The first-order valence-corrected chi connectivity index (χ1v) is 8.22. The van der Waals surface area contributed by atoms with Crippen LogP contribution in [0.1, 0.15) is 16.7 Å². The van der Waals surface area contributed by atoms with Gasteiger partial charge in [0.25, 0.3) is 5.91 Å². The second kappa shape index (κ2) is 8.20. The Morgan fingerprint density at radius 3 is 2.16 bits per heavy atom. The molecule has 0 fully saturated rings. The summed E-state index contributed by atoms with van der Waals surface area (Å²) >= 11 is 0. The molecular weight excluding hydrogens is 315 g/mol. The molecule has 3 rings (SSSR count). The molecule has 0 atom stereocenters. The summed E-state index contributed by atoms with van der Waals surface area (Å²) in [5.74, 6) is -0.355. The van der Waals surface area contributed by atoms with E-state index < -0.39 is 0 Å². The minimum absolute atomic E-state index is 0.0786. The monoisotopic (exact) mass is 335 g/mol. The minimum atomic E-state index is -0.277. The van der Waals surface area contributed by atoms with Gasteiger partial charge in [0.15, 0.2) is 12.4 Å². The van der Waals surface area contributed by atoms with Crippen molar-refractivity contribution < 1.29 is 13.8 Å². The van der Waals surface area contributed by atoms with Crippen molar-refractivity contribution in [3.63, 3.8) is 0 Å². The third-order valence-electron chi connectivity index (χ3n) is 3.94. The quantitative estimate of drug-likeness (QED) is 0.690. The number of carbonyl (C=O) groups excluding carboxylic acids is 1. The Labute approximate surface area is 146 Å². The second-order valence-corrected chi connectivity index (χ2v) is 5.94. The number of aromatic nitrogens is 1. The van der Waals surface area contributed by atoms with Crippen molar-refractivity contribution in [3.8, 4) is 0 Å². The molecule has 0 aliphatic carbocycles. The third-order valence-corrected chi connectivity index (χ3v) is 3.94. The lowest BCUT2D eigenvalue weighted by Crippen LogP contribution is -2.42. The molecule has 0 aliphatic heterocycles. The van der Waals surface area contributed by atoms with E-state index in [1.165, 1.54) is 23.3 Å². The van der Waals surface area contributed by atoms with Gasteiger partial charge < -0.3 is 5.32 Å². The van der Waals surface area contributed by atoms with Gasteiger partial charge in [-0.25, -0.2) is 4.39 Å². The predicted octanol–water partition coefficient (Wildman–Crippen LogP) is 3.02. The number of carbonyl (C=O) groups is 1. The molecule has 0 bridgehead atoms. The van der Waals surface area contributed by atoms with Gasteiger partial charge in [-0.2, -0.15) is 4.57 Å². The van der Waals surface area contributed by atoms with E-state index in [0.717, 1.165) is 12.0 Å². The van der Waals surface area contributed by atoms with Crippen molar-refractivity contribution in [1.29, 1.82) is 0 Å². The molecule has 1 heterocycles. The van der Waals surface area contributed by atoms with E-state index in [0.29, 0.717) is 6.54 Å². The minimum Gasteiger partial charge on any atom is -0.347 e. The summed E-state index contributed by atoms with van der Waals surface area (Å²) in [4.78, 5) is 12.0. The molecule has 4 heteroatoms. The van der Waals surface area contributed by atoms with Gasteiger partial charge in [-0.3, -0.25) is 4.79 Å². The van der Waals surface area contributed by atoms with Crippen molar-refractivity contribution in [2.75, 3.05) is 0 Å². The Hall–Kier alpha value is -3.01. The van der Waals surface area contributed by atoms with Gasteiger partial charge in [-0.15, -0.1) is 0 Å². The normalized spacial score (nSPS) is 10.4. The Bertz CT molecular complexity index is 815. The smallest absolute Gasteiger partial charge is 0.286 e. The molecule has 2 aromatic carbocycles. The fourth-order valence-corrected chi connectivity index (χ4v) is 2.57. The highest BCUT2D eigenvalue weighted by atomic mass is 19.1. The molecule has 0 radical (unpaired) electrons. The van der Waals surface area contributed by atoms with Crippen molar-refractivity contribution in [2.24, 2.45) is 0 Å². The lowest BCUT2D eigenvalue weighted by Gasteiger charge is -2.04. The van der Waals surface area contributed by atoms with Crippen LogP contribution in [0.25, 0.3) is 0 Å². The average Bonchev–Trinajstić information content (AvgIpc) is 2.64. The van der Waals surface area contributed by atoms with Gasteiger partial charge in [0.05, 0.1) is 0 Å². The molecule has 0 aliphatic rings. The van der Waals surface area contributed by atoms with Crippen molar-refractivity contribution in [1.82, 2.24) is 5.32 Å². The summed E-state index contributed by atoms with van der Waals surface area (Å²) in [6, 6.07) is 20.4. The van der Waals surface area contributed by atoms with Crippen LogP contribution in [0.2, 0.25) is 0 Å². The number of amides is 1. The molecule has 3 aromatic rings. The summed E-state index contributed by atoms with van der Waals surface area (Å²) < 4.78 is 14.7. The largest absolute Gasteiger partial charge is 0.347 e. The van der Waals surface area contributed by atoms with Crippen LogP contribution in [0.3, 0.4) is 0 Å².